The van der Waals surface area contributed by atoms with Crippen molar-refractivity contribution in [3.63, 3.8) is 0 Å². The van der Waals surface area contributed by atoms with Crippen LogP contribution in [-0.2, 0) is 0 Å². The number of nitrogens with zero attached hydrogens (tertiary/aromatic N) is 1. The highest BCUT2D eigenvalue weighted by Gasteiger charge is 2.15. The number of pyridine rings is 1. The molecule has 0 saturated carbocycles. The SMILES string of the molecule is O=C(Nc1c(F)cc(F)cc1Cl)c1cnc(Cl)c(Cl)c1. The lowest BCUT2D eigenvalue weighted by atomic mass is 10.2. The number of nitrogens with one attached hydrogen (secondary N) is 1. The summed E-state index contributed by atoms with van der Waals surface area (Å²) in [5, 5.41) is 2.06. The number of carbonyl (C=O) groups excluding carboxylic acids is 1. The molecule has 1 aromatic carbocycles. The van der Waals surface area contributed by atoms with Gasteiger partial charge in [0.15, 0.2) is 5.82 Å². The summed E-state index contributed by atoms with van der Waals surface area (Å²) < 4.78 is 26.4. The summed E-state index contributed by atoms with van der Waals surface area (Å²) in [6.07, 6.45) is 1.17. The van der Waals surface area contributed by atoms with Gasteiger partial charge in [-0.3, -0.25) is 4.79 Å². The van der Waals surface area contributed by atoms with E-state index in [0.29, 0.717) is 6.07 Å². The lowest BCUT2D eigenvalue weighted by Crippen LogP contribution is -2.14. The first-order valence-electron chi connectivity index (χ1n) is 5.15. The van der Waals surface area contributed by atoms with E-state index in [1.807, 2.05) is 0 Å². The van der Waals surface area contributed by atoms with Crippen LogP contribution in [0.15, 0.2) is 24.4 Å². The minimum absolute atomic E-state index is 0.0363. The van der Waals surface area contributed by atoms with Gasteiger partial charge in [-0.2, -0.15) is 0 Å². The van der Waals surface area contributed by atoms with Crippen molar-refractivity contribution in [2.24, 2.45) is 0 Å². The number of amides is 1. The number of aromatic nitrogens is 1. The van der Waals surface area contributed by atoms with Gasteiger partial charge in [0.25, 0.3) is 5.91 Å². The monoisotopic (exact) mass is 336 g/mol. The molecule has 2 aromatic rings. The van der Waals surface area contributed by atoms with E-state index in [1.165, 1.54) is 12.3 Å². The number of benzene rings is 1. The molecule has 1 amide bonds. The average Bonchev–Trinajstić information content (AvgIpc) is 2.36. The maximum absolute atomic E-state index is 13.5. The number of halogens is 5. The summed E-state index contributed by atoms with van der Waals surface area (Å²) in [6.45, 7) is 0. The van der Waals surface area contributed by atoms with Crippen molar-refractivity contribution in [3.05, 3.63) is 56.8 Å². The molecule has 0 aliphatic rings. The van der Waals surface area contributed by atoms with Gasteiger partial charge in [-0.15, -0.1) is 0 Å². The fraction of sp³-hybridized carbons (Fsp3) is 0. The summed E-state index contributed by atoms with van der Waals surface area (Å²) in [6, 6.07) is 2.75. The molecule has 1 N–H and O–H groups in total. The lowest BCUT2D eigenvalue weighted by molar-refractivity contribution is 0.102. The number of hydrogen-bond acceptors (Lipinski definition) is 2. The molecule has 0 aliphatic carbocycles. The van der Waals surface area contributed by atoms with E-state index < -0.39 is 17.5 Å². The van der Waals surface area contributed by atoms with E-state index in [4.69, 9.17) is 34.8 Å². The van der Waals surface area contributed by atoms with Crippen molar-refractivity contribution >= 4 is 46.4 Å². The molecule has 0 atom stereocenters. The molecule has 1 aromatic heterocycles. The number of carbonyl (C=O) groups is 1. The van der Waals surface area contributed by atoms with Crippen LogP contribution in [0.5, 0.6) is 0 Å². The standard InChI is InChI=1S/C12H5Cl3F2N2O/c13-7-2-6(16)3-9(17)10(7)19-12(20)5-1-8(14)11(15)18-4-5/h1-4H,(H,19,20). The Morgan fingerprint density at radius 3 is 2.40 bits per heavy atom. The van der Waals surface area contributed by atoms with Crippen LogP contribution in [0.4, 0.5) is 14.5 Å². The fourth-order valence-corrected chi connectivity index (χ4v) is 1.90. The molecule has 0 bridgehead atoms. The molecule has 8 heteroatoms. The van der Waals surface area contributed by atoms with Crippen LogP contribution in [0.2, 0.25) is 15.2 Å². The third kappa shape index (κ3) is 3.17. The highest BCUT2D eigenvalue weighted by Crippen LogP contribution is 2.27. The van der Waals surface area contributed by atoms with Crippen molar-refractivity contribution in [2.75, 3.05) is 5.32 Å². The van der Waals surface area contributed by atoms with E-state index in [9.17, 15) is 13.6 Å². The summed E-state index contributed by atoms with van der Waals surface area (Å²) in [5.74, 6) is -2.54. The van der Waals surface area contributed by atoms with Crippen LogP contribution in [0.25, 0.3) is 0 Å². The van der Waals surface area contributed by atoms with Gasteiger partial charge < -0.3 is 5.32 Å². The quantitative estimate of drug-likeness (QED) is 0.816. The average molecular weight is 338 g/mol. The Balaban J connectivity index is 2.30. The Labute approximate surface area is 127 Å². The van der Waals surface area contributed by atoms with E-state index in [2.05, 4.69) is 10.3 Å². The van der Waals surface area contributed by atoms with Gasteiger partial charge in [0.2, 0.25) is 0 Å². The Kier molecular flexibility index (Phi) is 4.42. The third-order valence-corrected chi connectivity index (χ3v) is 3.29. The van der Waals surface area contributed by atoms with Crippen LogP contribution >= 0.6 is 34.8 Å². The maximum Gasteiger partial charge on any atom is 0.257 e. The Hall–Kier alpha value is -1.43. The number of hydrogen-bond donors (Lipinski definition) is 1. The predicted molar refractivity (Wildman–Crippen MR) is 73.6 cm³/mol. The molecule has 2 rings (SSSR count). The van der Waals surface area contributed by atoms with Crippen LogP contribution < -0.4 is 5.32 Å². The smallest absolute Gasteiger partial charge is 0.257 e. The van der Waals surface area contributed by atoms with Crippen molar-refractivity contribution in [2.45, 2.75) is 0 Å². The van der Waals surface area contributed by atoms with Gasteiger partial charge in [-0.25, -0.2) is 13.8 Å². The summed E-state index contributed by atoms with van der Waals surface area (Å²) in [4.78, 5) is 15.6. The minimum Gasteiger partial charge on any atom is -0.318 e. The molecular formula is C12H5Cl3F2N2O. The lowest BCUT2D eigenvalue weighted by Gasteiger charge is -2.09. The van der Waals surface area contributed by atoms with E-state index in [-0.39, 0.29) is 26.4 Å². The van der Waals surface area contributed by atoms with Crippen molar-refractivity contribution in [3.8, 4) is 0 Å². The number of anilines is 1. The zero-order valence-corrected chi connectivity index (χ0v) is 11.8. The van der Waals surface area contributed by atoms with Gasteiger partial charge in [-0.1, -0.05) is 34.8 Å². The summed E-state index contributed by atoms with van der Waals surface area (Å²) in [5.41, 5.74) is -0.275. The van der Waals surface area contributed by atoms with Crippen molar-refractivity contribution in [1.82, 2.24) is 4.98 Å². The molecule has 0 fully saturated rings. The molecule has 3 nitrogen and oxygen atoms in total. The van der Waals surface area contributed by atoms with Crippen LogP contribution in [0, 0.1) is 11.6 Å². The van der Waals surface area contributed by atoms with Crippen molar-refractivity contribution in [1.29, 1.82) is 0 Å². The molecule has 0 aliphatic heterocycles. The first kappa shape index (κ1) is 15.0. The zero-order chi connectivity index (χ0) is 14.9. The minimum atomic E-state index is -0.989. The first-order chi connectivity index (χ1) is 9.38. The summed E-state index contributed by atoms with van der Waals surface area (Å²) in [7, 11) is 0. The van der Waals surface area contributed by atoms with Crippen molar-refractivity contribution < 1.29 is 13.6 Å². The molecule has 1 heterocycles. The van der Waals surface area contributed by atoms with Crippen LogP contribution in [-0.4, -0.2) is 10.9 Å². The largest absolute Gasteiger partial charge is 0.318 e. The molecular weight excluding hydrogens is 333 g/mol. The second-order valence-electron chi connectivity index (χ2n) is 3.70. The Morgan fingerprint density at radius 2 is 1.80 bits per heavy atom. The second kappa shape index (κ2) is 5.91. The maximum atomic E-state index is 13.5. The zero-order valence-electron chi connectivity index (χ0n) is 9.55. The molecule has 0 radical (unpaired) electrons. The normalized spacial score (nSPS) is 10.4. The second-order valence-corrected chi connectivity index (χ2v) is 4.87. The van der Waals surface area contributed by atoms with Gasteiger partial charge in [0.1, 0.15) is 11.0 Å². The van der Waals surface area contributed by atoms with Gasteiger partial charge in [-0.05, 0) is 12.1 Å². The number of rotatable bonds is 2. The molecule has 0 saturated heterocycles. The first-order valence-corrected chi connectivity index (χ1v) is 6.29. The van der Waals surface area contributed by atoms with Crippen LogP contribution in [0.1, 0.15) is 10.4 Å². The van der Waals surface area contributed by atoms with E-state index >= 15 is 0 Å². The predicted octanol–water partition coefficient (Wildman–Crippen LogP) is 4.57. The van der Waals surface area contributed by atoms with Crippen LogP contribution in [0.3, 0.4) is 0 Å². The van der Waals surface area contributed by atoms with E-state index in [1.54, 1.807) is 0 Å². The van der Waals surface area contributed by atoms with Gasteiger partial charge in [0.05, 0.1) is 21.3 Å². The van der Waals surface area contributed by atoms with Gasteiger partial charge in [0, 0.05) is 12.3 Å². The third-order valence-electron chi connectivity index (χ3n) is 2.30. The Bertz CT molecular complexity index is 671. The molecule has 104 valence electrons. The molecule has 0 unspecified atom stereocenters. The molecule has 0 spiro atoms. The fourth-order valence-electron chi connectivity index (χ4n) is 1.39. The Morgan fingerprint density at radius 1 is 1.10 bits per heavy atom. The topological polar surface area (TPSA) is 42.0 Å². The summed E-state index contributed by atoms with van der Waals surface area (Å²) >= 11 is 17.0. The van der Waals surface area contributed by atoms with E-state index in [0.717, 1.165) is 6.07 Å². The van der Waals surface area contributed by atoms with Gasteiger partial charge >= 0.3 is 0 Å². The molecule has 20 heavy (non-hydrogen) atoms. The highest BCUT2D eigenvalue weighted by atomic mass is 35.5. The highest BCUT2D eigenvalue weighted by molar-refractivity contribution is 6.41.